The molecule has 1 aliphatic heterocycles. The summed E-state index contributed by atoms with van der Waals surface area (Å²) >= 11 is 7.37. The zero-order valence-corrected chi connectivity index (χ0v) is 17.6. The van der Waals surface area contributed by atoms with Crippen molar-refractivity contribution in [2.24, 2.45) is 0 Å². The predicted molar refractivity (Wildman–Crippen MR) is 113 cm³/mol. The molecule has 0 saturated carbocycles. The number of carbonyl (C=O) groups excluding carboxylic acids is 1. The second kappa shape index (κ2) is 7.39. The van der Waals surface area contributed by atoms with E-state index in [-0.39, 0.29) is 29.5 Å². The quantitative estimate of drug-likeness (QED) is 0.516. The standard InChI is InChI=1S/C14H16B3ClF3N5O2S/c1-22-7-5(13(19,20)21)4-23-11(25-7)26-8-6(18)24-9(29-8)12(14(15,16)17)2-3-28-10(12)27/h4H,2-3,15-17H2,1H3,(H2,22,23,25,26)/t12-/m1/s1. The molecule has 0 spiro atoms. The molecular formula is C14H16B3ClF3N5O2S. The Labute approximate surface area is 176 Å². The summed E-state index contributed by atoms with van der Waals surface area (Å²) in [6.45, 7) is 0.281. The van der Waals surface area contributed by atoms with Gasteiger partial charge in [0, 0.05) is 19.7 Å². The minimum absolute atomic E-state index is 0.0721. The van der Waals surface area contributed by atoms with Crippen molar-refractivity contribution in [3.63, 3.8) is 0 Å². The number of esters is 1. The van der Waals surface area contributed by atoms with Crippen LogP contribution in [0.3, 0.4) is 0 Å². The van der Waals surface area contributed by atoms with Crippen molar-refractivity contribution < 1.29 is 22.7 Å². The zero-order chi connectivity index (χ0) is 21.6. The van der Waals surface area contributed by atoms with Crippen LogP contribution >= 0.6 is 22.9 Å². The Morgan fingerprint density at radius 3 is 2.52 bits per heavy atom. The molecule has 2 aromatic heterocycles. The van der Waals surface area contributed by atoms with E-state index in [0.29, 0.717) is 22.6 Å². The molecule has 29 heavy (non-hydrogen) atoms. The summed E-state index contributed by atoms with van der Waals surface area (Å²) in [6, 6.07) is 0. The molecule has 152 valence electrons. The average Bonchev–Trinajstić information content (AvgIpc) is 3.17. The van der Waals surface area contributed by atoms with E-state index in [1.54, 1.807) is 0 Å². The third-order valence-corrected chi connectivity index (χ3v) is 6.36. The lowest BCUT2D eigenvalue weighted by molar-refractivity contribution is -0.142. The van der Waals surface area contributed by atoms with Crippen LogP contribution in [0.25, 0.3) is 0 Å². The molecule has 0 radical (unpaired) electrons. The summed E-state index contributed by atoms with van der Waals surface area (Å²) in [5.74, 6) is -0.829. The van der Waals surface area contributed by atoms with E-state index in [4.69, 9.17) is 16.3 Å². The van der Waals surface area contributed by atoms with Gasteiger partial charge in [-0.15, -0.1) is 0 Å². The van der Waals surface area contributed by atoms with E-state index < -0.39 is 22.3 Å². The molecule has 0 unspecified atom stereocenters. The summed E-state index contributed by atoms with van der Waals surface area (Å²) < 4.78 is 44.3. The van der Waals surface area contributed by atoms with Crippen LogP contribution in [0.1, 0.15) is 17.0 Å². The molecule has 0 bridgehead atoms. The summed E-state index contributed by atoms with van der Waals surface area (Å²) in [5, 5.41) is 5.59. The van der Waals surface area contributed by atoms with Crippen LogP contribution in [0, 0.1) is 0 Å². The van der Waals surface area contributed by atoms with Crippen LogP contribution in [-0.4, -0.2) is 58.1 Å². The first-order chi connectivity index (χ1) is 13.4. The number of alkyl halides is 3. The third-order valence-electron chi connectivity index (χ3n) is 4.85. The first-order valence-electron chi connectivity index (χ1n) is 8.63. The first kappa shape index (κ1) is 21.8. The van der Waals surface area contributed by atoms with E-state index in [1.165, 1.54) is 7.05 Å². The second-order valence-corrected chi connectivity index (χ2v) is 8.87. The van der Waals surface area contributed by atoms with Crippen molar-refractivity contribution in [2.45, 2.75) is 23.1 Å². The number of ether oxygens (including phenoxy) is 1. The van der Waals surface area contributed by atoms with Gasteiger partial charge < -0.3 is 15.4 Å². The molecule has 0 aliphatic carbocycles. The fourth-order valence-corrected chi connectivity index (χ4v) is 4.79. The number of nitrogens with zero attached hydrogens (tertiary/aromatic N) is 3. The molecular weight excluding hydrogens is 427 g/mol. The van der Waals surface area contributed by atoms with Gasteiger partial charge in [-0.2, -0.15) is 18.2 Å². The van der Waals surface area contributed by atoms with Crippen molar-refractivity contribution >= 4 is 69.2 Å². The van der Waals surface area contributed by atoms with Crippen LogP contribution in [0.5, 0.6) is 0 Å². The maximum absolute atomic E-state index is 13.0. The van der Waals surface area contributed by atoms with Gasteiger partial charge in [-0.3, -0.25) is 4.79 Å². The fraction of sp³-hybridized carbons (Fsp3) is 0.429. The maximum Gasteiger partial charge on any atom is 0.421 e. The maximum atomic E-state index is 13.0. The Morgan fingerprint density at radius 2 is 2.00 bits per heavy atom. The number of cyclic esters (lactones) is 1. The Bertz CT molecular complexity index is 956. The van der Waals surface area contributed by atoms with Crippen LogP contribution in [-0.2, 0) is 21.1 Å². The Balaban J connectivity index is 1.97. The Kier molecular flexibility index (Phi) is 5.54. The summed E-state index contributed by atoms with van der Waals surface area (Å²) in [5.41, 5.74) is -1.94. The van der Waals surface area contributed by atoms with E-state index in [1.807, 2.05) is 23.5 Å². The third kappa shape index (κ3) is 3.79. The minimum Gasteiger partial charge on any atom is -0.465 e. The molecule has 3 heterocycles. The van der Waals surface area contributed by atoms with Gasteiger partial charge in [0.15, 0.2) is 5.15 Å². The Morgan fingerprint density at radius 1 is 1.31 bits per heavy atom. The Hall–Kier alpha value is -1.95. The topological polar surface area (TPSA) is 89.0 Å². The highest BCUT2D eigenvalue weighted by molar-refractivity contribution is 7.16. The molecule has 1 atom stereocenters. The molecule has 1 fully saturated rings. The molecule has 15 heteroatoms. The number of anilines is 3. The monoisotopic (exact) mass is 443 g/mol. The summed E-state index contributed by atoms with van der Waals surface area (Å²) in [7, 11) is 7.08. The molecule has 0 aromatic carbocycles. The second-order valence-electron chi connectivity index (χ2n) is 7.51. The number of thiazole rings is 1. The van der Waals surface area contributed by atoms with Crippen molar-refractivity contribution in [2.75, 3.05) is 24.3 Å². The lowest BCUT2D eigenvalue weighted by Crippen LogP contribution is -2.45. The smallest absolute Gasteiger partial charge is 0.421 e. The number of hydrogen-bond donors (Lipinski definition) is 2. The van der Waals surface area contributed by atoms with E-state index in [0.717, 1.165) is 11.3 Å². The zero-order valence-electron chi connectivity index (χ0n) is 16.1. The molecule has 1 saturated heterocycles. The number of nitrogens with one attached hydrogen (secondary N) is 2. The van der Waals surface area contributed by atoms with Gasteiger partial charge in [0.25, 0.3) is 0 Å². The molecule has 1 aliphatic rings. The highest BCUT2D eigenvalue weighted by Crippen LogP contribution is 2.51. The van der Waals surface area contributed by atoms with Crippen molar-refractivity contribution in [1.82, 2.24) is 15.0 Å². The van der Waals surface area contributed by atoms with Crippen LogP contribution in [0.4, 0.5) is 29.9 Å². The SMILES string of the molecule is BC(B)(B)[C@@]1(c2nc(Cl)c(Nc3ncc(C(F)(F)F)c(NC)n3)s2)CCOC1=O. The van der Waals surface area contributed by atoms with Gasteiger partial charge in [-0.25, -0.2) is 9.97 Å². The predicted octanol–water partition coefficient (Wildman–Crippen LogP) is 0.548. The van der Waals surface area contributed by atoms with Gasteiger partial charge >= 0.3 is 12.1 Å². The highest BCUT2D eigenvalue weighted by Gasteiger charge is 2.56. The highest BCUT2D eigenvalue weighted by atomic mass is 35.5. The molecule has 7 nitrogen and oxygen atoms in total. The molecule has 0 amide bonds. The number of aromatic nitrogens is 3. The summed E-state index contributed by atoms with van der Waals surface area (Å²) in [4.78, 5) is 24.5. The number of halogens is 4. The van der Waals surface area contributed by atoms with Crippen molar-refractivity contribution in [1.29, 1.82) is 0 Å². The van der Waals surface area contributed by atoms with Crippen molar-refractivity contribution in [3.05, 3.63) is 21.9 Å². The normalized spacial score (nSPS) is 19.8. The number of hydrogen-bond acceptors (Lipinski definition) is 8. The molecule has 2 N–H and O–H groups in total. The van der Waals surface area contributed by atoms with Gasteiger partial charge in [0.2, 0.25) is 5.95 Å². The summed E-state index contributed by atoms with van der Waals surface area (Å²) in [6.07, 6.45) is -3.45. The van der Waals surface area contributed by atoms with E-state index in [2.05, 4.69) is 25.6 Å². The van der Waals surface area contributed by atoms with E-state index >= 15 is 0 Å². The molecule has 3 rings (SSSR count). The van der Waals surface area contributed by atoms with Gasteiger partial charge in [-0.1, -0.05) is 28.1 Å². The minimum atomic E-state index is -4.59. The van der Waals surface area contributed by atoms with Crippen LogP contribution in [0.2, 0.25) is 10.3 Å². The van der Waals surface area contributed by atoms with Gasteiger partial charge in [-0.05, 0) is 0 Å². The lowest BCUT2D eigenvalue weighted by atomic mass is 9.32. The van der Waals surface area contributed by atoms with Gasteiger partial charge in [0.1, 0.15) is 26.8 Å². The lowest BCUT2D eigenvalue weighted by Gasteiger charge is -2.36. The average molecular weight is 443 g/mol. The first-order valence-corrected chi connectivity index (χ1v) is 9.82. The van der Waals surface area contributed by atoms with Gasteiger partial charge in [0.05, 0.1) is 30.1 Å². The van der Waals surface area contributed by atoms with Crippen molar-refractivity contribution in [3.8, 4) is 0 Å². The van der Waals surface area contributed by atoms with Crippen LogP contribution in [0.15, 0.2) is 6.20 Å². The number of rotatable bonds is 5. The number of carbonyl (C=O) groups is 1. The molecule has 2 aromatic rings. The fourth-order valence-electron chi connectivity index (χ4n) is 3.22. The van der Waals surface area contributed by atoms with Crippen LogP contribution < -0.4 is 10.6 Å². The largest absolute Gasteiger partial charge is 0.465 e. The van der Waals surface area contributed by atoms with E-state index in [9.17, 15) is 18.0 Å².